The first-order valence-electron chi connectivity index (χ1n) is 38.8. The molecule has 0 aromatic heterocycles. The van der Waals surface area contributed by atoms with E-state index < -0.39 is 0 Å². The van der Waals surface area contributed by atoms with Gasteiger partial charge in [0, 0.05) is 10.8 Å². The Kier molecular flexibility index (Phi) is 14.2. The molecule has 2 aliphatic carbocycles. The highest BCUT2D eigenvalue weighted by Crippen LogP contribution is 2.56. The zero-order chi connectivity index (χ0) is 73.1. The van der Waals surface area contributed by atoms with Crippen molar-refractivity contribution in [2.24, 2.45) is 0 Å². The van der Waals surface area contributed by atoms with E-state index in [2.05, 4.69) is 404 Å². The first-order valence-corrected chi connectivity index (χ1v) is 38.8. The lowest BCUT2D eigenvalue weighted by Gasteiger charge is -2.25. The Morgan fingerprint density at radius 1 is 0.145 bits per heavy atom. The first-order chi connectivity index (χ1) is 54.1. The largest absolute Gasteiger partial charge is 0.0616 e. The Hall–Kier alpha value is -13.5. The van der Waals surface area contributed by atoms with Gasteiger partial charge in [-0.25, -0.2) is 0 Å². The van der Waals surface area contributed by atoms with Crippen molar-refractivity contribution < 1.29 is 0 Å². The van der Waals surface area contributed by atoms with Crippen molar-refractivity contribution in [3.63, 3.8) is 0 Å². The quantitative estimate of drug-likeness (QED) is 0.115. The lowest BCUT2D eigenvalue weighted by Crippen LogP contribution is -2.16. The van der Waals surface area contributed by atoms with Gasteiger partial charge in [-0.3, -0.25) is 0 Å². The lowest BCUT2D eigenvalue weighted by atomic mass is 9.78. The van der Waals surface area contributed by atoms with Crippen LogP contribution in [0.4, 0.5) is 0 Å². The second kappa shape index (κ2) is 24.5. The van der Waals surface area contributed by atoms with Crippen LogP contribution in [0, 0.1) is 0 Å². The molecule has 21 aromatic carbocycles. The van der Waals surface area contributed by atoms with Gasteiger partial charge in [0.25, 0.3) is 0 Å². The fourth-order valence-electron chi connectivity index (χ4n) is 19.9. The predicted molar refractivity (Wildman–Crippen MR) is 473 cm³/mol. The number of fused-ring (bicyclic) bond motifs is 19. The van der Waals surface area contributed by atoms with Gasteiger partial charge in [-0.15, -0.1) is 0 Å². The SMILES string of the molecule is CC1(C)c2cc3ccccc3cc2-c2cccc(-c3ccc(-c4c5ccccc5c(-c5ccc6ccc7ccccc7c6c5)c5ccccc45)cc3)c21.CC1(C)c2cc3ccccc3cc2-c2cccc(-c3ccc(-c4c5ccccc5c(-c5cccc6c5ccc5cc7ccccc7cc56)c5ccccc45)cc3)c21. The van der Waals surface area contributed by atoms with Crippen molar-refractivity contribution in [1.29, 1.82) is 0 Å². The summed E-state index contributed by atoms with van der Waals surface area (Å²) in [7, 11) is 0. The van der Waals surface area contributed by atoms with Crippen LogP contribution < -0.4 is 0 Å². The number of benzene rings is 21. The third-order valence-electron chi connectivity index (χ3n) is 25.0. The highest BCUT2D eigenvalue weighted by Gasteiger charge is 2.40. The summed E-state index contributed by atoms with van der Waals surface area (Å²) in [5.41, 5.74) is 26.1. The molecule has 0 atom stereocenters. The highest BCUT2D eigenvalue weighted by molar-refractivity contribution is 6.26. The highest BCUT2D eigenvalue weighted by atomic mass is 14.4. The Morgan fingerprint density at radius 3 is 0.909 bits per heavy atom. The molecular formula is C110H74. The minimum Gasteiger partial charge on any atom is -0.0616 e. The number of hydrogen-bond acceptors (Lipinski definition) is 0. The third-order valence-corrected chi connectivity index (χ3v) is 25.0. The van der Waals surface area contributed by atoms with Gasteiger partial charge in [0.1, 0.15) is 0 Å². The molecule has 0 saturated carbocycles. The lowest BCUT2D eigenvalue weighted by molar-refractivity contribution is 0.663. The number of hydrogen-bond donors (Lipinski definition) is 0. The van der Waals surface area contributed by atoms with E-state index in [1.54, 1.807) is 0 Å². The van der Waals surface area contributed by atoms with Crippen LogP contribution >= 0.6 is 0 Å². The summed E-state index contributed by atoms with van der Waals surface area (Å²) in [5.74, 6) is 0. The molecule has 0 unspecified atom stereocenters. The van der Waals surface area contributed by atoms with Crippen LogP contribution in [-0.2, 0) is 10.8 Å². The maximum absolute atomic E-state index is 2.42. The van der Waals surface area contributed by atoms with Gasteiger partial charge in [0.05, 0.1) is 0 Å². The number of rotatable bonds is 6. The molecule has 0 spiro atoms. The van der Waals surface area contributed by atoms with Crippen LogP contribution in [0.2, 0.25) is 0 Å². The van der Waals surface area contributed by atoms with E-state index in [9.17, 15) is 0 Å². The molecule has 21 aromatic rings. The molecule has 0 saturated heterocycles. The molecule has 0 nitrogen and oxygen atoms in total. The molecule has 110 heavy (non-hydrogen) atoms. The molecule has 0 aliphatic heterocycles. The van der Waals surface area contributed by atoms with E-state index in [4.69, 9.17) is 0 Å². The van der Waals surface area contributed by atoms with E-state index in [-0.39, 0.29) is 10.8 Å². The van der Waals surface area contributed by atoms with Crippen LogP contribution in [-0.4, -0.2) is 0 Å². The van der Waals surface area contributed by atoms with Gasteiger partial charge in [0.2, 0.25) is 0 Å². The van der Waals surface area contributed by atoms with Crippen molar-refractivity contribution in [1.82, 2.24) is 0 Å². The van der Waals surface area contributed by atoms with Crippen molar-refractivity contribution in [3.8, 4) is 89.0 Å². The van der Waals surface area contributed by atoms with Crippen LogP contribution in [0.5, 0.6) is 0 Å². The summed E-state index contributed by atoms with van der Waals surface area (Å²) >= 11 is 0. The fraction of sp³-hybridized carbons (Fsp3) is 0.0545. The van der Waals surface area contributed by atoms with Gasteiger partial charge < -0.3 is 0 Å². The zero-order valence-electron chi connectivity index (χ0n) is 61.8. The summed E-state index contributed by atoms with van der Waals surface area (Å²) in [6.45, 7) is 9.57. The maximum Gasteiger partial charge on any atom is 0.0165 e. The Bertz CT molecular complexity index is 7370. The smallest absolute Gasteiger partial charge is 0.0165 e. The van der Waals surface area contributed by atoms with E-state index in [0.717, 1.165) is 0 Å². The molecule has 0 fully saturated rings. The summed E-state index contributed by atoms with van der Waals surface area (Å²) < 4.78 is 0. The van der Waals surface area contributed by atoms with Gasteiger partial charge >= 0.3 is 0 Å². The van der Waals surface area contributed by atoms with E-state index in [0.29, 0.717) is 0 Å². The van der Waals surface area contributed by atoms with Crippen LogP contribution in [0.25, 0.3) is 208 Å². The van der Waals surface area contributed by atoms with Crippen molar-refractivity contribution in [3.05, 3.63) is 398 Å². The molecule has 514 valence electrons. The Labute approximate surface area is 640 Å². The zero-order valence-corrected chi connectivity index (χ0v) is 61.8. The van der Waals surface area contributed by atoms with E-state index >= 15 is 0 Å². The minimum absolute atomic E-state index is 0.110. The summed E-state index contributed by atoms with van der Waals surface area (Å²) in [5, 5.41) is 28.2. The Morgan fingerprint density at radius 2 is 0.445 bits per heavy atom. The summed E-state index contributed by atoms with van der Waals surface area (Å²) in [6, 6.07) is 141. The summed E-state index contributed by atoms with van der Waals surface area (Å²) in [6.07, 6.45) is 0. The molecular weight excluding hydrogens is 1320 g/mol. The summed E-state index contributed by atoms with van der Waals surface area (Å²) in [4.78, 5) is 0. The maximum atomic E-state index is 2.42. The van der Waals surface area contributed by atoms with Crippen LogP contribution in [0.3, 0.4) is 0 Å². The standard InChI is InChI=1S/C57H38.C53H36/c1-57(2)53-34-40-16-6-5-15-39(40)33-52(53)50-24-11-21-42(56(50)57)35-25-27-36(28-26-35)54-46-17-7-9-19-48(46)55(49-20-10-8-18-47(49)54)45-23-12-22-43-44(45)30-29-41-31-37-13-3-4-14-38(37)32-51(41)43;1-53(2)49-32-38-14-4-3-13-37(38)30-48(49)46-21-11-20-41(52(46)53)34-24-27-36(28-25-34)50-42-16-7-9-18-44(42)51(45-19-10-8-17-43(45)50)39-29-26-35-23-22-33-12-5-6-15-40(33)47(35)31-39/h3-34H,1-2H3;3-32H,1-2H3. The van der Waals surface area contributed by atoms with Crippen molar-refractivity contribution >= 4 is 118 Å². The molecule has 23 rings (SSSR count). The first kappa shape index (κ1) is 63.7. The Balaban J connectivity index is 0.000000136. The normalized spacial score (nSPS) is 13.2. The molecule has 0 radical (unpaired) electrons. The molecule has 0 N–H and O–H groups in total. The van der Waals surface area contributed by atoms with Gasteiger partial charge in [-0.05, 0) is 272 Å². The second-order valence-electron chi connectivity index (χ2n) is 31.6. The van der Waals surface area contributed by atoms with E-state index in [1.165, 1.54) is 230 Å². The molecule has 0 heterocycles. The average molecular weight is 1400 g/mol. The fourth-order valence-corrected chi connectivity index (χ4v) is 19.9. The molecule has 0 heteroatoms. The van der Waals surface area contributed by atoms with E-state index in [1.807, 2.05) is 0 Å². The van der Waals surface area contributed by atoms with Gasteiger partial charge in [0.15, 0.2) is 0 Å². The third kappa shape index (κ3) is 9.72. The minimum atomic E-state index is -0.117. The molecule has 0 amide bonds. The van der Waals surface area contributed by atoms with Crippen LogP contribution in [0.15, 0.2) is 376 Å². The monoisotopic (exact) mass is 1390 g/mol. The van der Waals surface area contributed by atoms with Crippen molar-refractivity contribution in [2.75, 3.05) is 0 Å². The predicted octanol–water partition coefficient (Wildman–Crippen LogP) is 30.7. The van der Waals surface area contributed by atoms with Crippen molar-refractivity contribution in [2.45, 2.75) is 38.5 Å². The van der Waals surface area contributed by atoms with Crippen LogP contribution in [0.1, 0.15) is 49.9 Å². The molecule has 0 bridgehead atoms. The average Bonchev–Trinajstić information content (AvgIpc) is 1.51. The van der Waals surface area contributed by atoms with Gasteiger partial charge in [-0.2, -0.15) is 0 Å². The molecule has 2 aliphatic rings. The topological polar surface area (TPSA) is 0 Å². The second-order valence-corrected chi connectivity index (χ2v) is 31.6. The van der Waals surface area contributed by atoms with Gasteiger partial charge in [-0.1, -0.05) is 361 Å².